The van der Waals surface area contributed by atoms with E-state index < -0.39 is 15.9 Å². The van der Waals surface area contributed by atoms with Crippen molar-refractivity contribution in [2.24, 2.45) is 0 Å². The summed E-state index contributed by atoms with van der Waals surface area (Å²) < 4.78 is 39.2. The Morgan fingerprint density at radius 2 is 1.53 bits per heavy atom. The molecule has 32 heavy (non-hydrogen) atoms. The molecule has 168 valence electrons. The summed E-state index contributed by atoms with van der Waals surface area (Å²) in [6.07, 6.45) is 0. The van der Waals surface area contributed by atoms with Gasteiger partial charge < -0.3 is 14.8 Å². The maximum Gasteiger partial charge on any atom is 0.262 e. The highest BCUT2D eigenvalue weighted by Gasteiger charge is 2.20. The second kappa shape index (κ2) is 9.32. The molecule has 0 bridgehead atoms. The number of anilines is 2. The molecule has 2 N–H and O–H groups in total. The zero-order valence-corrected chi connectivity index (χ0v) is 19.5. The van der Waals surface area contributed by atoms with Gasteiger partial charge in [-0.15, -0.1) is 0 Å². The number of carbonyl (C=O) groups is 1. The first-order valence-corrected chi connectivity index (χ1v) is 11.4. The molecular formula is C24H26N2O5S. The van der Waals surface area contributed by atoms with E-state index in [2.05, 4.69) is 10.0 Å². The van der Waals surface area contributed by atoms with Gasteiger partial charge in [0.1, 0.15) is 0 Å². The highest BCUT2D eigenvalue weighted by atomic mass is 32.2. The Bertz CT molecular complexity index is 1270. The van der Waals surface area contributed by atoms with Crippen molar-refractivity contribution in [2.75, 3.05) is 24.3 Å². The van der Waals surface area contributed by atoms with E-state index in [-0.39, 0.29) is 10.5 Å². The van der Waals surface area contributed by atoms with Crippen LogP contribution < -0.4 is 19.5 Å². The summed E-state index contributed by atoms with van der Waals surface area (Å²) in [4.78, 5) is 12.8. The van der Waals surface area contributed by atoms with Gasteiger partial charge in [0.25, 0.3) is 15.9 Å². The maximum absolute atomic E-state index is 13.1. The number of amides is 1. The second-order valence-electron chi connectivity index (χ2n) is 7.43. The highest BCUT2D eigenvalue weighted by Crippen LogP contribution is 2.30. The predicted octanol–water partition coefficient (Wildman–Crippen LogP) is 4.68. The van der Waals surface area contributed by atoms with E-state index in [1.165, 1.54) is 20.3 Å². The van der Waals surface area contributed by atoms with Crippen molar-refractivity contribution in [1.82, 2.24) is 0 Å². The summed E-state index contributed by atoms with van der Waals surface area (Å²) in [7, 11) is -0.867. The van der Waals surface area contributed by atoms with Crippen LogP contribution in [0.2, 0.25) is 0 Å². The smallest absolute Gasteiger partial charge is 0.262 e. The molecule has 0 aliphatic carbocycles. The maximum atomic E-state index is 13.1. The third-order valence-electron chi connectivity index (χ3n) is 5.01. The molecule has 3 rings (SSSR count). The monoisotopic (exact) mass is 454 g/mol. The Balaban J connectivity index is 1.88. The first kappa shape index (κ1) is 23.1. The van der Waals surface area contributed by atoms with E-state index in [0.29, 0.717) is 28.4 Å². The van der Waals surface area contributed by atoms with Crippen LogP contribution in [0.4, 0.5) is 11.4 Å². The number of ether oxygens (including phenoxy) is 2. The molecule has 7 nitrogen and oxygen atoms in total. The van der Waals surface area contributed by atoms with Crippen molar-refractivity contribution in [3.8, 4) is 11.5 Å². The summed E-state index contributed by atoms with van der Waals surface area (Å²) in [5, 5.41) is 2.76. The van der Waals surface area contributed by atoms with Crippen molar-refractivity contribution in [1.29, 1.82) is 0 Å². The zero-order valence-electron chi connectivity index (χ0n) is 18.6. The lowest BCUT2D eigenvalue weighted by Gasteiger charge is -2.14. The van der Waals surface area contributed by atoms with E-state index >= 15 is 0 Å². The molecule has 0 aliphatic heterocycles. The molecule has 3 aromatic rings. The number of hydrogen-bond donors (Lipinski definition) is 2. The van der Waals surface area contributed by atoms with Crippen LogP contribution in [0.25, 0.3) is 0 Å². The van der Waals surface area contributed by atoms with E-state index in [9.17, 15) is 13.2 Å². The SMILES string of the molecule is COc1ccc(NC(=O)c2ccc(C)c(S(=O)(=O)Nc3ccc(C)cc3C)c2)cc1OC. The Hall–Kier alpha value is -3.52. The molecule has 1 amide bonds. The first-order valence-electron chi connectivity index (χ1n) is 9.88. The molecule has 0 saturated heterocycles. The van der Waals surface area contributed by atoms with Crippen LogP contribution in [0.1, 0.15) is 27.0 Å². The summed E-state index contributed by atoms with van der Waals surface area (Å²) in [5.41, 5.74) is 3.58. The summed E-state index contributed by atoms with van der Waals surface area (Å²) in [6.45, 7) is 5.47. The van der Waals surface area contributed by atoms with E-state index in [1.54, 1.807) is 43.3 Å². The fourth-order valence-electron chi connectivity index (χ4n) is 3.28. The van der Waals surface area contributed by atoms with Crippen LogP contribution in [0, 0.1) is 20.8 Å². The molecule has 0 aliphatic rings. The first-order chi connectivity index (χ1) is 15.1. The fourth-order valence-corrected chi connectivity index (χ4v) is 4.68. The van der Waals surface area contributed by atoms with E-state index in [4.69, 9.17) is 9.47 Å². The summed E-state index contributed by atoms with van der Waals surface area (Å²) in [6, 6.07) is 15.0. The van der Waals surface area contributed by atoms with Gasteiger partial charge in [0.2, 0.25) is 0 Å². The van der Waals surface area contributed by atoms with Gasteiger partial charge in [-0.05, 0) is 62.2 Å². The Kier molecular flexibility index (Phi) is 6.74. The number of carbonyl (C=O) groups excluding carboxylic acids is 1. The highest BCUT2D eigenvalue weighted by molar-refractivity contribution is 7.92. The van der Waals surface area contributed by atoms with Gasteiger partial charge in [0.05, 0.1) is 24.8 Å². The lowest BCUT2D eigenvalue weighted by Crippen LogP contribution is -2.17. The molecule has 3 aromatic carbocycles. The standard InChI is InChI=1S/C24H26N2O5S/c1-15-6-10-20(17(3)12-15)26-32(28,29)23-13-18(8-7-16(23)2)24(27)25-19-9-11-21(30-4)22(14-19)31-5/h6-14,26H,1-5H3,(H,25,27). The van der Waals surface area contributed by atoms with Crippen LogP contribution in [0.15, 0.2) is 59.5 Å². The van der Waals surface area contributed by atoms with Gasteiger partial charge >= 0.3 is 0 Å². The van der Waals surface area contributed by atoms with Gasteiger partial charge in [0, 0.05) is 17.3 Å². The van der Waals surface area contributed by atoms with E-state index in [1.807, 2.05) is 26.0 Å². The van der Waals surface area contributed by atoms with Gasteiger partial charge in [-0.3, -0.25) is 9.52 Å². The number of nitrogens with one attached hydrogen (secondary N) is 2. The molecule has 0 fully saturated rings. The van der Waals surface area contributed by atoms with Crippen molar-refractivity contribution in [2.45, 2.75) is 25.7 Å². The Morgan fingerprint density at radius 3 is 2.19 bits per heavy atom. The molecule has 0 saturated carbocycles. The molecule has 0 radical (unpaired) electrons. The van der Waals surface area contributed by atoms with Gasteiger partial charge in [-0.2, -0.15) is 0 Å². The lowest BCUT2D eigenvalue weighted by molar-refractivity contribution is 0.102. The zero-order chi connectivity index (χ0) is 23.5. The molecular weight excluding hydrogens is 428 g/mol. The fraction of sp³-hybridized carbons (Fsp3) is 0.208. The molecule has 8 heteroatoms. The second-order valence-corrected chi connectivity index (χ2v) is 9.08. The molecule has 0 heterocycles. The van der Waals surface area contributed by atoms with Crippen LogP contribution in [0.3, 0.4) is 0 Å². The Morgan fingerprint density at radius 1 is 0.812 bits per heavy atom. The van der Waals surface area contributed by atoms with E-state index in [0.717, 1.165) is 11.1 Å². The number of sulfonamides is 1. The molecule has 0 spiro atoms. The number of rotatable bonds is 7. The third kappa shape index (κ3) is 5.03. The molecule has 0 atom stereocenters. The average Bonchev–Trinajstić information content (AvgIpc) is 2.75. The van der Waals surface area contributed by atoms with Crippen molar-refractivity contribution in [3.05, 3.63) is 76.9 Å². The minimum atomic E-state index is -3.89. The summed E-state index contributed by atoms with van der Waals surface area (Å²) >= 11 is 0. The number of benzene rings is 3. The third-order valence-corrected chi connectivity index (χ3v) is 6.51. The normalized spacial score (nSPS) is 11.0. The van der Waals surface area contributed by atoms with Crippen LogP contribution in [0.5, 0.6) is 11.5 Å². The van der Waals surface area contributed by atoms with Crippen LogP contribution in [-0.2, 0) is 10.0 Å². The molecule has 0 aromatic heterocycles. The topological polar surface area (TPSA) is 93.7 Å². The van der Waals surface area contributed by atoms with Gasteiger partial charge in [-0.1, -0.05) is 23.8 Å². The summed E-state index contributed by atoms with van der Waals surface area (Å²) in [5.74, 6) is 0.557. The predicted molar refractivity (Wildman–Crippen MR) is 125 cm³/mol. The lowest BCUT2D eigenvalue weighted by atomic mass is 10.1. The average molecular weight is 455 g/mol. The number of hydrogen-bond acceptors (Lipinski definition) is 5. The Labute approximate surface area is 188 Å². The van der Waals surface area contributed by atoms with Crippen molar-refractivity contribution in [3.63, 3.8) is 0 Å². The largest absolute Gasteiger partial charge is 0.493 e. The molecule has 0 unspecified atom stereocenters. The van der Waals surface area contributed by atoms with Crippen LogP contribution in [-0.4, -0.2) is 28.5 Å². The quantitative estimate of drug-likeness (QED) is 0.541. The number of methoxy groups -OCH3 is 2. The minimum absolute atomic E-state index is 0.0393. The van der Waals surface area contributed by atoms with Crippen molar-refractivity contribution >= 4 is 27.3 Å². The van der Waals surface area contributed by atoms with Crippen LogP contribution >= 0.6 is 0 Å². The van der Waals surface area contributed by atoms with Gasteiger partial charge in [0.15, 0.2) is 11.5 Å². The minimum Gasteiger partial charge on any atom is -0.493 e. The van der Waals surface area contributed by atoms with Crippen molar-refractivity contribution < 1.29 is 22.7 Å². The number of aryl methyl sites for hydroxylation is 3. The van der Waals surface area contributed by atoms with Gasteiger partial charge in [-0.25, -0.2) is 8.42 Å².